The molecule has 0 fully saturated rings. The summed E-state index contributed by atoms with van der Waals surface area (Å²) in [7, 11) is 1.33. The molecule has 0 aliphatic carbocycles. The zero-order valence-corrected chi connectivity index (χ0v) is 6.12. The molecule has 0 radical (unpaired) electrons. The number of oxazole rings is 1. The highest BCUT2D eigenvalue weighted by Gasteiger charge is 2.17. The van der Waals surface area contributed by atoms with Crippen molar-refractivity contribution in [2.24, 2.45) is 0 Å². The molecule has 1 rings (SSSR count). The highest BCUT2D eigenvalue weighted by atomic mass is 16.6. The summed E-state index contributed by atoms with van der Waals surface area (Å²) in [5, 5.41) is 8.51. The van der Waals surface area contributed by atoms with Gasteiger partial charge < -0.3 is 14.3 Å². The van der Waals surface area contributed by atoms with Gasteiger partial charge in [-0.1, -0.05) is 0 Å². The van der Waals surface area contributed by atoms with Crippen LogP contribution in [0.15, 0.2) is 4.42 Å². The minimum atomic E-state index is -1.15. The molecule has 0 aliphatic heterocycles. The maximum Gasteiger partial charge on any atom is 0.362 e. The van der Waals surface area contributed by atoms with E-state index < -0.39 is 5.97 Å². The van der Waals surface area contributed by atoms with Gasteiger partial charge in [-0.25, -0.2) is 9.78 Å². The number of aromatic nitrogens is 1. The fourth-order valence-electron chi connectivity index (χ4n) is 0.682. The van der Waals surface area contributed by atoms with Gasteiger partial charge in [-0.15, -0.1) is 0 Å². The van der Waals surface area contributed by atoms with Crippen LogP contribution in [0.4, 0.5) is 0 Å². The molecular weight excluding hydrogens is 150 g/mol. The van der Waals surface area contributed by atoms with Crippen LogP contribution in [0.3, 0.4) is 0 Å². The number of hydrogen-bond acceptors (Lipinski definition) is 4. The van der Waals surface area contributed by atoms with Crippen LogP contribution < -0.4 is 4.74 Å². The van der Waals surface area contributed by atoms with Gasteiger partial charge in [0.2, 0.25) is 5.69 Å². The number of aryl methyl sites for hydroxylation is 1. The van der Waals surface area contributed by atoms with Crippen LogP contribution in [0.5, 0.6) is 5.95 Å². The predicted octanol–water partition coefficient (Wildman–Crippen LogP) is 0.690. The summed E-state index contributed by atoms with van der Waals surface area (Å²) in [6, 6.07) is 0. The second-order valence-electron chi connectivity index (χ2n) is 1.88. The van der Waals surface area contributed by atoms with Crippen molar-refractivity contribution in [3.63, 3.8) is 0 Å². The zero-order valence-electron chi connectivity index (χ0n) is 6.12. The molecule has 0 aliphatic rings. The van der Waals surface area contributed by atoms with Crippen molar-refractivity contribution in [1.82, 2.24) is 4.98 Å². The van der Waals surface area contributed by atoms with Gasteiger partial charge in [-0.3, -0.25) is 0 Å². The van der Waals surface area contributed by atoms with Crippen LogP contribution in [0.1, 0.15) is 16.4 Å². The van der Waals surface area contributed by atoms with Gasteiger partial charge in [-0.2, -0.15) is 0 Å². The highest BCUT2D eigenvalue weighted by Crippen LogP contribution is 2.18. The Morgan fingerprint density at radius 2 is 2.36 bits per heavy atom. The first kappa shape index (κ1) is 7.59. The van der Waals surface area contributed by atoms with E-state index in [0.29, 0.717) is 0 Å². The summed E-state index contributed by atoms with van der Waals surface area (Å²) < 4.78 is 9.43. The van der Waals surface area contributed by atoms with E-state index in [9.17, 15) is 4.79 Å². The fourth-order valence-corrected chi connectivity index (χ4v) is 0.682. The molecule has 1 N–H and O–H groups in total. The van der Waals surface area contributed by atoms with Crippen LogP contribution >= 0.6 is 0 Å². The van der Waals surface area contributed by atoms with Crippen LogP contribution in [0.2, 0.25) is 0 Å². The van der Waals surface area contributed by atoms with Crippen molar-refractivity contribution in [3.8, 4) is 5.95 Å². The van der Waals surface area contributed by atoms with Crippen molar-refractivity contribution < 1.29 is 19.1 Å². The lowest BCUT2D eigenvalue weighted by molar-refractivity contribution is 0.0685. The standard InChI is InChI=1S/C6H7NO4/c1-3-7-4(5(8)9)6(10-2)11-3/h1-2H3,(H,8,9). The van der Waals surface area contributed by atoms with E-state index >= 15 is 0 Å². The molecule has 0 spiro atoms. The molecule has 0 amide bonds. The van der Waals surface area contributed by atoms with Crippen LogP contribution in [0.25, 0.3) is 0 Å². The normalized spacial score (nSPS) is 9.64. The Hall–Kier alpha value is -1.52. The molecule has 0 aromatic carbocycles. The van der Waals surface area contributed by atoms with Gasteiger partial charge in [0, 0.05) is 6.92 Å². The van der Waals surface area contributed by atoms with E-state index in [1.54, 1.807) is 6.92 Å². The van der Waals surface area contributed by atoms with Gasteiger partial charge in [0.05, 0.1) is 7.11 Å². The van der Waals surface area contributed by atoms with E-state index in [1.807, 2.05) is 0 Å². The molecule has 0 bridgehead atoms. The first-order chi connectivity index (χ1) is 5.15. The third kappa shape index (κ3) is 1.31. The number of aromatic carboxylic acids is 1. The first-order valence-electron chi connectivity index (χ1n) is 2.90. The number of carboxylic acid groups (broad SMARTS) is 1. The number of rotatable bonds is 2. The summed E-state index contributed by atoms with van der Waals surface area (Å²) in [5.41, 5.74) is -0.190. The average Bonchev–Trinajstić information content (AvgIpc) is 2.30. The third-order valence-electron chi connectivity index (χ3n) is 1.09. The Labute approximate surface area is 62.6 Å². The highest BCUT2D eigenvalue weighted by molar-refractivity contribution is 5.87. The molecule has 5 nitrogen and oxygen atoms in total. The van der Waals surface area contributed by atoms with Gasteiger partial charge in [-0.05, 0) is 0 Å². The minimum absolute atomic E-state index is 0.0602. The predicted molar refractivity (Wildman–Crippen MR) is 34.8 cm³/mol. The average molecular weight is 157 g/mol. The molecule has 0 saturated carbocycles. The van der Waals surface area contributed by atoms with Crippen LogP contribution in [-0.2, 0) is 0 Å². The second kappa shape index (κ2) is 2.61. The van der Waals surface area contributed by atoms with Crippen molar-refractivity contribution >= 4 is 5.97 Å². The maximum atomic E-state index is 10.4. The summed E-state index contributed by atoms with van der Waals surface area (Å²) in [4.78, 5) is 14.0. The summed E-state index contributed by atoms with van der Waals surface area (Å²) >= 11 is 0. The van der Waals surface area contributed by atoms with Gasteiger partial charge in [0.25, 0.3) is 0 Å². The number of hydrogen-bond donors (Lipinski definition) is 1. The van der Waals surface area contributed by atoms with Gasteiger partial charge >= 0.3 is 11.9 Å². The van der Waals surface area contributed by atoms with Crippen LogP contribution in [0, 0.1) is 6.92 Å². The quantitative estimate of drug-likeness (QED) is 0.683. The number of carboxylic acids is 1. The molecule has 0 saturated heterocycles. The summed E-state index contributed by atoms with van der Waals surface area (Å²) in [5.74, 6) is -0.937. The maximum absolute atomic E-state index is 10.4. The van der Waals surface area contributed by atoms with Crippen LogP contribution in [-0.4, -0.2) is 23.2 Å². The van der Waals surface area contributed by atoms with E-state index in [4.69, 9.17) is 9.52 Å². The Bertz CT molecular complexity index is 278. The van der Waals surface area contributed by atoms with Crippen molar-refractivity contribution in [1.29, 1.82) is 0 Å². The molecular formula is C6H7NO4. The smallest absolute Gasteiger partial charge is 0.362 e. The fraction of sp³-hybridized carbons (Fsp3) is 0.333. The lowest BCUT2D eigenvalue weighted by Crippen LogP contribution is -1.99. The van der Waals surface area contributed by atoms with E-state index in [2.05, 4.69) is 9.72 Å². The monoisotopic (exact) mass is 157 g/mol. The number of carbonyl (C=O) groups is 1. The molecule has 1 aromatic heterocycles. The Morgan fingerprint density at radius 3 is 2.73 bits per heavy atom. The number of methoxy groups -OCH3 is 1. The zero-order chi connectivity index (χ0) is 8.43. The van der Waals surface area contributed by atoms with E-state index in [1.165, 1.54) is 7.11 Å². The van der Waals surface area contributed by atoms with Crippen molar-refractivity contribution in [3.05, 3.63) is 11.6 Å². The number of nitrogens with zero attached hydrogens (tertiary/aromatic N) is 1. The second-order valence-corrected chi connectivity index (χ2v) is 1.88. The minimum Gasteiger partial charge on any atom is -0.476 e. The molecule has 5 heteroatoms. The molecule has 11 heavy (non-hydrogen) atoms. The van der Waals surface area contributed by atoms with E-state index in [0.717, 1.165) is 0 Å². The van der Waals surface area contributed by atoms with E-state index in [-0.39, 0.29) is 17.5 Å². The topological polar surface area (TPSA) is 72.6 Å². The van der Waals surface area contributed by atoms with Gasteiger partial charge in [0.1, 0.15) is 0 Å². The van der Waals surface area contributed by atoms with Crippen molar-refractivity contribution in [2.45, 2.75) is 6.92 Å². The SMILES string of the molecule is COc1oc(C)nc1C(=O)O. The van der Waals surface area contributed by atoms with Crippen molar-refractivity contribution in [2.75, 3.05) is 7.11 Å². The molecule has 1 heterocycles. The molecule has 60 valence electrons. The Morgan fingerprint density at radius 1 is 1.73 bits per heavy atom. The molecule has 0 unspecified atom stereocenters. The lowest BCUT2D eigenvalue weighted by Gasteiger charge is -1.91. The summed E-state index contributed by atoms with van der Waals surface area (Å²) in [6.45, 7) is 1.55. The number of ether oxygens (including phenoxy) is 1. The Kier molecular flexibility index (Phi) is 1.80. The third-order valence-corrected chi connectivity index (χ3v) is 1.09. The summed E-state index contributed by atoms with van der Waals surface area (Å²) in [6.07, 6.45) is 0. The Balaban J connectivity index is 3.12. The lowest BCUT2D eigenvalue weighted by atomic mass is 10.5. The largest absolute Gasteiger partial charge is 0.476 e. The molecule has 0 atom stereocenters. The molecule has 1 aromatic rings. The first-order valence-corrected chi connectivity index (χ1v) is 2.90. The van der Waals surface area contributed by atoms with Gasteiger partial charge in [0.15, 0.2) is 5.89 Å².